The van der Waals surface area contributed by atoms with Gasteiger partial charge in [-0.2, -0.15) is 0 Å². The molecule has 4 nitrogen and oxygen atoms in total. The zero-order chi connectivity index (χ0) is 18.6. The molecule has 1 N–H and O–H groups in total. The van der Waals surface area contributed by atoms with Crippen LogP contribution in [0.3, 0.4) is 0 Å². The van der Waals surface area contributed by atoms with Crippen molar-refractivity contribution in [2.45, 2.75) is 44.4 Å². The second-order valence-corrected chi connectivity index (χ2v) is 7.83. The number of nitrogens with one attached hydrogen (secondary N) is 1. The van der Waals surface area contributed by atoms with Crippen LogP contribution in [0.2, 0.25) is 0 Å². The highest BCUT2D eigenvalue weighted by atomic mass is 16.5. The van der Waals surface area contributed by atoms with Crippen LogP contribution in [0.4, 0.5) is 0 Å². The number of benzene rings is 2. The van der Waals surface area contributed by atoms with Crippen LogP contribution in [0.15, 0.2) is 54.6 Å². The summed E-state index contributed by atoms with van der Waals surface area (Å²) >= 11 is 0. The first-order chi connectivity index (χ1) is 13.2. The second kappa shape index (κ2) is 8.24. The molecule has 0 spiro atoms. The van der Waals surface area contributed by atoms with Gasteiger partial charge in [-0.05, 0) is 30.9 Å². The third kappa shape index (κ3) is 4.57. The highest BCUT2D eigenvalue weighted by molar-refractivity contribution is 5.76. The highest BCUT2D eigenvalue weighted by Crippen LogP contribution is 2.30. The maximum Gasteiger partial charge on any atom is 0.220 e. The normalized spacial score (nSPS) is 25.1. The van der Waals surface area contributed by atoms with Crippen LogP contribution in [0.25, 0.3) is 0 Å². The molecule has 2 aromatic rings. The van der Waals surface area contributed by atoms with Gasteiger partial charge >= 0.3 is 0 Å². The molecule has 2 aliphatic heterocycles. The topological polar surface area (TPSA) is 41.6 Å². The van der Waals surface area contributed by atoms with Gasteiger partial charge in [-0.1, -0.05) is 60.2 Å². The van der Waals surface area contributed by atoms with Crippen LogP contribution in [0.1, 0.15) is 35.6 Å². The van der Waals surface area contributed by atoms with E-state index in [0.29, 0.717) is 12.5 Å². The number of carbonyl (C=O) groups excluding carboxylic acids is 1. The average Bonchev–Trinajstić information content (AvgIpc) is 3.09. The zero-order valence-corrected chi connectivity index (χ0v) is 15.9. The molecule has 2 heterocycles. The smallest absolute Gasteiger partial charge is 0.220 e. The Labute approximate surface area is 161 Å². The third-order valence-electron chi connectivity index (χ3n) is 5.72. The van der Waals surface area contributed by atoms with E-state index >= 15 is 0 Å². The average molecular weight is 364 g/mol. The SMILES string of the molecule is Cc1ccc(CCC(=O)N[C@@H]2C[C@H]3CO[C@@H](c4ccccc4)CN3C2)cc1. The summed E-state index contributed by atoms with van der Waals surface area (Å²) in [6.45, 7) is 4.66. The van der Waals surface area contributed by atoms with E-state index in [-0.39, 0.29) is 18.1 Å². The van der Waals surface area contributed by atoms with Gasteiger partial charge in [0.2, 0.25) is 5.91 Å². The number of hydrogen-bond acceptors (Lipinski definition) is 3. The number of ether oxygens (including phenoxy) is 1. The lowest BCUT2D eigenvalue weighted by molar-refractivity contribution is -0.121. The second-order valence-electron chi connectivity index (χ2n) is 7.83. The first kappa shape index (κ1) is 18.2. The fourth-order valence-corrected chi connectivity index (χ4v) is 4.16. The van der Waals surface area contributed by atoms with E-state index in [2.05, 4.69) is 65.7 Å². The Bertz CT molecular complexity index is 760. The number of morpholine rings is 1. The lowest BCUT2D eigenvalue weighted by Crippen LogP contribution is -2.43. The molecule has 2 saturated heterocycles. The number of hydrogen-bond donors (Lipinski definition) is 1. The summed E-state index contributed by atoms with van der Waals surface area (Å²) in [6.07, 6.45) is 2.47. The number of fused-ring (bicyclic) bond motifs is 1. The monoisotopic (exact) mass is 364 g/mol. The minimum atomic E-state index is 0.137. The molecule has 2 aromatic carbocycles. The van der Waals surface area contributed by atoms with Crippen LogP contribution >= 0.6 is 0 Å². The summed E-state index contributed by atoms with van der Waals surface area (Å²) in [5, 5.41) is 3.24. The summed E-state index contributed by atoms with van der Waals surface area (Å²) in [7, 11) is 0. The molecule has 0 aromatic heterocycles. The third-order valence-corrected chi connectivity index (χ3v) is 5.72. The van der Waals surface area contributed by atoms with E-state index in [1.165, 1.54) is 16.7 Å². The highest BCUT2D eigenvalue weighted by Gasteiger charge is 2.38. The fourth-order valence-electron chi connectivity index (χ4n) is 4.16. The molecule has 4 rings (SSSR count). The van der Waals surface area contributed by atoms with Crippen molar-refractivity contribution in [1.29, 1.82) is 0 Å². The zero-order valence-electron chi connectivity index (χ0n) is 15.9. The van der Waals surface area contributed by atoms with E-state index in [9.17, 15) is 4.79 Å². The van der Waals surface area contributed by atoms with Gasteiger partial charge in [-0.25, -0.2) is 0 Å². The minimum Gasteiger partial charge on any atom is -0.371 e. The van der Waals surface area contributed by atoms with Gasteiger partial charge in [0, 0.05) is 31.6 Å². The predicted molar refractivity (Wildman–Crippen MR) is 107 cm³/mol. The van der Waals surface area contributed by atoms with Crippen molar-refractivity contribution in [2.75, 3.05) is 19.7 Å². The molecule has 2 aliphatic rings. The van der Waals surface area contributed by atoms with Gasteiger partial charge in [0.1, 0.15) is 0 Å². The molecule has 0 bridgehead atoms. The molecule has 142 valence electrons. The molecule has 0 saturated carbocycles. The van der Waals surface area contributed by atoms with Gasteiger partial charge < -0.3 is 10.1 Å². The van der Waals surface area contributed by atoms with Gasteiger partial charge in [-0.15, -0.1) is 0 Å². The van der Waals surface area contributed by atoms with Gasteiger partial charge in [0.15, 0.2) is 0 Å². The molecule has 2 fully saturated rings. The number of nitrogens with zero attached hydrogens (tertiary/aromatic N) is 1. The molecule has 0 unspecified atom stereocenters. The standard InChI is InChI=1S/C23H28N2O2/c1-17-7-9-18(10-8-17)11-12-23(26)24-20-13-21-16-27-22(15-25(21)14-20)19-5-3-2-4-6-19/h2-10,20-22H,11-16H2,1H3,(H,24,26)/t20-,21+,22-/m1/s1. The lowest BCUT2D eigenvalue weighted by Gasteiger charge is -2.35. The van der Waals surface area contributed by atoms with E-state index in [1.54, 1.807) is 0 Å². The Hall–Kier alpha value is -2.17. The first-order valence-electron chi connectivity index (χ1n) is 9.93. The molecule has 0 radical (unpaired) electrons. The summed E-state index contributed by atoms with van der Waals surface area (Å²) in [5.74, 6) is 0.154. The van der Waals surface area contributed by atoms with Crippen LogP contribution in [-0.4, -0.2) is 42.6 Å². The number of amides is 1. The van der Waals surface area contributed by atoms with Crippen molar-refractivity contribution in [3.63, 3.8) is 0 Å². The maximum absolute atomic E-state index is 12.4. The van der Waals surface area contributed by atoms with Crippen LogP contribution in [0.5, 0.6) is 0 Å². The van der Waals surface area contributed by atoms with Crippen LogP contribution in [-0.2, 0) is 16.0 Å². The molecular weight excluding hydrogens is 336 g/mol. The minimum absolute atomic E-state index is 0.137. The molecular formula is C23H28N2O2. The van der Waals surface area contributed by atoms with Crippen LogP contribution in [0, 0.1) is 6.92 Å². The molecule has 1 amide bonds. The summed E-state index contributed by atoms with van der Waals surface area (Å²) in [6, 6.07) is 19.5. The number of carbonyl (C=O) groups is 1. The van der Waals surface area contributed by atoms with Crippen LogP contribution < -0.4 is 5.32 Å². The Morgan fingerprint density at radius 2 is 1.89 bits per heavy atom. The fraction of sp³-hybridized carbons (Fsp3) is 0.435. The number of aryl methyl sites for hydroxylation is 2. The molecule has 27 heavy (non-hydrogen) atoms. The van der Waals surface area contributed by atoms with E-state index in [1.807, 2.05) is 6.07 Å². The largest absolute Gasteiger partial charge is 0.371 e. The predicted octanol–water partition coefficient (Wildman–Crippen LogP) is 3.26. The van der Waals surface area contributed by atoms with Gasteiger partial charge in [-0.3, -0.25) is 9.69 Å². The lowest BCUT2D eigenvalue weighted by atomic mass is 10.1. The van der Waals surface area contributed by atoms with E-state index in [0.717, 1.165) is 32.5 Å². The molecule has 4 heteroatoms. The first-order valence-corrected chi connectivity index (χ1v) is 9.93. The van der Waals surface area contributed by atoms with Crippen molar-refractivity contribution in [3.05, 3.63) is 71.3 Å². The maximum atomic E-state index is 12.4. The Balaban J connectivity index is 1.25. The summed E-state index contributed by atoms with van der Waals surface area (Å²) in [4.78, 5) is 14.8. The van der Waals surface area contributed by atoms with Crippen molar-refractivity contribution >= 4 is 5.91 Å². The van der Waals surface area contributed by atoms with Crippen molar-refractivity contribution in [3.8, 4) is 0 Å². The number of rotatable bonds is 5. The Kier molecular flexibility index (Phi) is 5.55. The molecule has 3 atom stereocenters. The van der Waals surface area contributed by atoms with Crippen molar-refractivity contribution < 1.29 is 9.53 Å². The Morgan fingerprint density at radius 1 is 1.11 bits per heavy atom. The van der Waals surface area contributed by atoms with E-state index < -0.39 is 0 Å². The summed E-state index contributed by atoms with van der Waals surface area (Å²) < 4.78 is 6.09. The van der Waals surface area contributed by atoms with Gasteiger partial charge in [0.05, 0.1) is 12.7 Å². The Morgan fingerprint density at radius 3 is 2.67 bits per heavy atom. The van der Waals surface area contributed by atoms with Gasteiger partial charge in [0.25, 0.3) is 0 Å². The summed E-state index contributed by atoms with van der Waals surface area (Å²) in [5.41, 5.74) is 3.71. The van der Waals surface area contributed by atoms with E-state index in [4.69, 9.17) is 4.74 Å². The van der Waals surface area contributed by atoms with Crippen molar-refractivity contribution in [1.82, 2.24) is 10.2 Å². The molecule has 0 aliphatic carbocycles. The quantitative estimate of drug-likeness (QED) is 0.885. The van der Waals surface area contributed by atoms with Crippen molar-refractivity contribution in [2.24, 2.45) is 0 Å².